The molecule has 1 aliphatic rings. The molecule has 3 aromatic rings. The number of amides is 1. The second-order valence-electron chi connectivity index (χ2n) is 7.58. The largest absolute Gasteiger partial charge is 0.460 e. The number of nitrogens with zero attached hydrogens (tertiary/aromatic N) is 1. The third kappa shape index (κ3) is 4.11. The van der Waals surface area contributed by atoms with Crippen LogP contribution in [0.5, 0.6) is 0 Å². The Morgan fingerprint density at radius 3 is 2.63 bits per heavy atom. The standard InChI is InChI=1S/C23H26N2O5/c1-3-28-23(27)21-18(17-6-4-5-7-19(17)30-21)14-25-11-8-16(9-12-25)24-22(26)20-15(2)10-13-29-20/h4-7,10,13,16H,3,8-9,11-12,14H2,1-2H3,(H,24,26). The number of rotatable bonds is 6. The third-order valence-corrected chi connectivity index (χ3v) is 5.53. The predicted molar refractivity (Wildman–Crippen MR) is 111 cm³/mol. The fourth-order valence-electron chi connectivity index (χ4n) is 3.93. The van der Waals surface area contributed by atoms with E-state index in [0.717, 1.165) is 42.4 Å². The van der Waals surface area contributed by atoms with E-state index in [9.17, 15) is 9.59 Å². The first-order valence-electron chi connectivity index (χ1n) is 10.3. The van der Waals surface area contributed by atoms with Crippen LogP contribution in [0.2, 0.25) is 0 Å². The number of para-hydroxylation sites is 1. The summed E-state index contributed by atoms with van der Waals surface area (Å²) >= 11 is 0. The van der Waals surface area contributed by atoms with Crippen molar-refractivity contribution in [2.24, 2.45) is 0 Å². The molecule has 0 spiro atoms. The Morgan fingerprint density at radius 1 is 1.17 bits per heavy atom. The molecule has 0 saturated carbocycles. The van der Waals surface area contributed by atoms with Gasteiger partial charge in [-0.15, -0.1) is 0 Å². The van der Waals surface area contributed by atoms with Gasteiger partial charge in [0.05, 0.1) is 12.9 Å². The molecule has 158 valence electrons. The molecule has 2 aromatic heterocycles. The van der Waals surface area contributed by atoms with E-state index in [1.165, 1.54) is 6.26 Å². The number of furan rings is 2. The van der Waals surface area contributed by atoms with Gasteiger partial charge in [-0.25, -0.2) is 4.79 Å². The Labute approximate surface area is 175 Å². The molecular weight excluding hydrogens is 384 g/mol. The number of piperidine rings is 1. The lowest BCUT2D eigenvalue weighted by molar-refractivity contribution is 0.0488. The van der Waals surface area contributed by atoms with Crippen molar-refractivity contribution >= 4 is 22.8 Å². The highest BCUT2D eigenvalue weighted by atomic mass is 16.5. The first-order valence-corrected chi connectivity index (χ1v) is 10.3. The zero-order chi connectivity index (χ0) is 21.1. The molecule has 1 aromatic carbocycles. The summed E-state index contributed by atoms with van der Waals surface area (Å²) < 4.78 is 16.3. The Hall–Kier alpha value is -3.06. The summed E-state index contributed by atoms with van der Waals surface area (Å²) in [5.74, 6) is 0.0594. The van der Waals surface area contributed by atoms with Crippen molar-refractivity contribution in [3.8, 4) is 0 Å². The van der Waals surface area contributed by atoms with Crippen molar-refractivity contribution in [1.82, 2.24) is 10.2 Å². The number of nitrogens with one attached hydrogen (secondary N) is 1. The summed E-state index contributed by atoms with van der Waals surface area (Å²) in [7, 11) is 0. The predicted octanol–water partition coefficient (Wildman–Crippen LogP) is 3.91. The monoisotopic (exact) mass is 410 g/mol. The number of likely N-dealkylation sites (tertiary alicyclic amines) is 1. The molecule has 3 heterocycles. The van der Waals surface area contributed by atoms with Gasteiger partial charge in [0.1, 0.15) is 5.58 Å². The summed E-state index contributed by atoms with van der Waals surface area (Å²) in [6.07, 6.45) is 3.19. The Morgan fingerprint density at radius 2 is 1.93 bits per heavy atom. The SMILES string of the molecule is CCOC(=O)c1oc2ccccc2c1CN1CCC(NC(=O)c2occc2C)CC1. The van der Waals surface area contributed by atoms with Gasteiger partial charge in [-0.2, -0.15) is 0 Å². The number of hydrogen-bond acceptors (Lipinski definition) is 6. The van der Waals surface area contributed by atoms with E-state index >= 15 is 0 Å². The van der Waals surface area contributed by atoms with E-state index in [2.05, 4.69) is 10.2 Å². The van der Waals surface area contributed by atoms with Gasteiger partial charge in [0.2, 0.25) is 5.76 Å². The van der Waals surface area contributed by atoms with Crippen molar-refractivity contribution in [2.45, 2.75) is 39.3 Å². The maximum absolute atomic E-state index is 12.4. The number of carbonyl (C=O) groups excluding carboxylic acids is 2. The van der Waals surface area contributed by atoms with Crippen LogP contribution >= 0.6 is 0 Å². The van der Waals surface area contributed by atoms with Gasteiger partial charge in [-0.3, -0.25) is 9.69 Å². The van der Waals surface area contributed by atoms with E-state index in [-0.39, 0.29) is 17.7 Å². The van der Waals surface area contributed by atoms with E-state index < -0.39 is 5.97 Å². The number of hydrogen-bond donors (Lipinski definition) is 1. The lowest BCUT2D eigenvalue weighted by Crippen LogP contribution is -2.44. The van der Waals surface area contributed by atoms with Crippen LogP contribution in [-0.2, 0) is 11.3 Å². The quantitative estimate of drug-likeness (QED) is 0.621. The summed E-state index contributed by atoms with van der Waals surface area (Å²) in [5.41, 5.74) is 2.38. The average molecular weight is 410 g/mol. The fraction of sp³-hybridized carbons (Fsp3) is 0.391. The maximum atomic E-state index is 12.4. The second-order valence-corrected chi connectivity index (χ2v) is 7.58. The van der Waals surface area contributed by atoms with Gasteiger partial charge in [0.15, 0.2) is 5.76 Å². The van der Waals surface area contributed by atoms with E-state index in [0.29, 0.717) is 24.5 Å². The molecule has 0 atom stereocenters. The summed E-state index contributed by atoms with van der Waals surface area (Å²) in [5, 5.41) is 4.00. The Bertz CT molecular complexity index is 1040. The van der Waals surface area contributed by atoms with Gasteiger partial charge < -0.3 is 18.9 Å². The molecule has 1 fully saturated rings. The van der Waals surface area contributed by atoms with Gasteiger partial charge in [0, 0.05) is 42.2 Å². The molecule has 1 saturated heterocycles. The molecule has 1 amide bonds. The van der Waals surface area contributed by atoms with Crippen molar-refractivity contribution in [3.63, 3.8) is 0 Å². The molecule has 30 heavy (non-hydrogen) atoms. The second kappa shape index (κ2) is 8.75. The molecule has 4 rings (SSSR count). The minimum atomic E-state index is -0.431. The van der Waals surface area contributed by atoms with Crippen LogP contribution < -0.4 is 5.32 Å². The summed E-state index contributed by atoms with van der Waals surface area (Å²) in [6.45, 7) is 6.16. The number of ether oxygens (including phenoxy) is 1. The maximum Gasteiger partial charge on any atom is 0.374 e. The Balaban J connectivity index is 1.42. The number of esters is 1. The highest BCUT2D eigenvalue weighted by Gasteiger charge is 2.27. The molecule has 7 nitrogen and oxygen atoms in total. The molecule has 1 N–H and O–H groups in total. The van der Waals surface area contributed by atoms with Crippen LogP contribution in [0, 0.1) is 6.92 Å². The van der Waals surface area contributed by atoms with Gasteiger partial charge in [0.25, 0.3) is 5.91 Å². The molecular formula is C23H26N2O5. The van der Waals surface area contributed by atoms with Gasteiger partial charge in [-0.05, 0) is 38.8 Å². The van der Waals surface area contributed by atoms with Crippen molar-refractivity contribution in [2.75, 3.05) is 19.7 Å². The molecule has 0 unspecified atom stereocenters. The van der Waals surface area contributed by atoms with Crippen LogP contribution in [-0.4, -0.2) is 42.5 Å². The fourth-order valence-corrected chi connectivity index (χ4v) is 3.93. The number of benzene rings is 1. The van der Waals surface area contributed by atoms with E-state index in [1.54, 1.807) is 13.0 Å². The average Bonchev–Trinajstić information content (AvgIpc) is 3.33. The lowest BCUT2D eigenvalue weighted by Gasteiger charge is -2.32. The Kier molecular flexibility index (Phi) is 5.90. The zero-order valence-corrected chi connectivity index (χ0v) is 17.3. The number of fused-ring (bicyclic) bond motifs is 1. The van der Waals surface area contributed by atoms with Crippen molar-refractivity contribution < 1.29 is 23.2 Å². The molecule has 0 aliphatic carbocycles. The van der Waals surface area contributed by atoms with Crippen molar-refractivity contribution in [1.29, 1.82) is 0 Å². The van der Waals surface area contributed by atoms with Crippen molar-refractivity contribution in [3.05, 3.63) is 59.2 Å². The molecule has 0 radical (unpaired) electrons. The van der Waals surface area contributed by atoms with Gasteiger partial charge >= 0.3 is 5.97 Å². The number of aryl methyl sites for hydroxylation is 1. The molecule has 7 heteroatoms. The molecule has 1 aliphatic heterocycles. The minimum Gasteiger partial charge on any atom is -0.460 e. The third-order valence-electron chi connectivity index (χ3n) is 5.53. The first-order chi connectivity index (χ1) is 14.6. The van der Waals surface area contributed by atoms with Crippen LogP contribution in [0.25, 0.3) is 11.0 Å². The number of carbonyl (C=O) groups is 2. The minimum absolute atomic E-state index is 0.101. The van der Waals surface area contributed by atoms with Gasteiger partial charge in [-0.1, -0.05) is 18.2 Å². The van der Waals surface area contributed by atoms with E-state index in [4.69, 9.17) is 13.6 Å². The smallest absolute Gasteiger partial charge is 0.374 e. The topological polar surface area (TPSA) is 84.9 Å². The van der Waals surface area contributed by atoms with Crippen LogP contribution in [0.1, 0.15) is 52.0 Å². The lowest BCUT2D eigenvalue weighted by atomic mass is 10.0. The zero-order valence-electron chi connectivity index (χ0n) is 17.3. The van der Waals surface area contributed by atoms with Crippen LogP contribution in [0.3, 0.4) is 0 Å². The highest BCUT2D eigenvalue weighted by molar-refractivity contribution is 5.96. The molecule has 0 bridgehead atoms. The van der Waals surface area contributed by atoms with Crippen LogP contribution in [0.15, 0.2) is 45.4 Å². The first kappa shape index (κ1) is 20.2. The summed E-state index contributed by atoms with van der Waals surface area (Å²) in [4.78, 5) is 27.1. The van der Waals surface area contributed by atoms with E-state index in [1.807, 2.05) is 31.2 Å². The normalized spacial score (nSPS) is 15.4. The summed E-state index contributed by atoms with van der Waals surface area (Å²) in [6, 6.07) is 9.54. The highest BCUT2D eigenvalue weighted by Crippen LogP contribution is 2.29. The van der Waals surface area contributed by atoms with Crippen LogP contribution in [0.4, 0.5) is 0 Å².